The summed E-state index contributed by atoms with van der Waals surface area (Å²) in [7, 11) is 0. The van der Waals surface area contributed by atoms with Gasteiger partial charge in [0.05, 0.1) is 6.17 Å². The van der Waals surface area contributed by atoms with Crippen LogP contribution in [0.15, 0.2) is 12.7 Å². The summed E-state index contributed by atoms with van der Waals surface area (Å²) in [6, 6.07) is 0. The van der Waals surface area contributed by atoms with Gasteiger partial charge in [-0.15, -0.1) is 0 Å². The van der Waals surface area contributed by atoms with Crippen LogP contribution in [0.25, 0.3) is 0 Å². The quantitative estimate of drug-likeness (QED) is 0.312. The minimum Gasteiger partial charge on any atom is -0.339 e. The van der Waals surface area contributed by atoms with Crippen LogP contribution in [-0.4, -0.2) is 18.5 Å². The maximum absolute atomic E-state index is 10.5. The van der Waals surface area contributed by atoms with E-state index in [1.54, 1.807) is 6.92 Å². The zero-order chi connectivity index (χ0) is 7.98. The van der Waals surface area contributed by atoms with E-state index in [-0.39, 0.29) is 12.1 Å². The Morgan fingerprint density at radius 2 is 2.30 bits per heavy atom. The molecule has 0 aromatic carbocycles. The lowest BCUT2D eigenvalue weighted by Gasteiger charge is -2.09. The van der Waals surface area contributed by atoms with Crippen molar-refractivity contribution in [2.75, 3.05) is 0 Å². The van der Waals surface area contributed by atoms with Crippen LogP contribution in [0.5, 0.6) is 0 Å². The molecule has 0 spiro atoms. The molecule has 0 saturated heterocycles. The molecule has 1 atom stereocenters. The SMILES string of the molecule is C=CC(=O)NC(C)NC=O. The van der Waals surface area contributed by atoms with Crippen LogP contribution in [0.4, 0.5) is 0 Å². The first kappa shape index (κ1) is 8.68. The molecule has 2 N–H and O–H groups in total. The Balaban J connectivity index is 3.55. The summed E-state index contributed by atoms with van der Waals surface area (Å²) >= 11 is 0. The lowest BCUT2D eigenvalue weighted by atomic mass is 10.5. The van der Waals surface area contributed by atoms with Crippen LogP contribution < -0.4 is 10.6 Å². The number of hydrogen-bond acceptors (Lipinski definition) is 2. The second-order valence-electron chi connectivity index (χ2n) is 1.72. The third-order valence-corrected chi connectivity index (χ3v) is 0.862. The van der Waals surface area contributed by atoms with Gasteiger partial charge in [-0.05, 0) is 13.0 Å². The molecule has 0 heterocycles. The summed E-state index contributed by atoms with van der Waals surface area (Å²) in [5.41, 5.74) is 0. The first-order valence-corrected chi connectivity index (χ1v) is 2.83. The third-order valence-electron chi connectivity index (χ3n) is 0.862. The van der Waals surface area contributed by atoms with Crippen molar-refractivity contribution in [3.8, 4) is 0 Å². The monoisotopic (exact) mass is 142 g/mol. The number of rotatable bonds is 4. The Morgan fingerprint density at radius 3 is 2.70 bits per heavy atom. The van der Waals surface area contributed by atoms with Crippen LogP contribution in [0, 0.1) is 0 Å². The molecule has 0 aliphatic carbocycles. The number of carbonyl (C=O) groups is 2. The normalized spacial score (nSPS) is 11.3. The Kier molecular flexibility index (Phi) is 3.95. The zero-order valence-corrected chi connectivity index (χ0v) is 5.76. The molecule has 0 aliphatic rings. The summed E-state index contributed by atoms with van der Waals surface area (Å²) in [4.78, 5) is 20.3. The third kappa shape index (κ3) is 3.65. The van der Waals surface area contributed by atoms with Crippen molar-refractivity contribution in [1.29, 1.82) is 0 Å². The topological polar surface area (TPSA) is 58.2 Å². The summed E-state index contributed by atoms with van der Waals surface area (Å²) in [6.45, 7) is 4.89. The van der Waals surface area contributed by atoms with Gasteiger partial charge in [-0.1, -0.05) is 6.58 Å². The average molecular weight is 142 g/mol. The highest BCUT2D eigenvalue weighted by Crippen LogP contribution is 1.72. The fraction of sp³-hybridized carbons (Fsp3) is 0.333. The van der Waals surface area contributed by atoms with Crippen molar-refractivity contribution in [2.45, 2.75) is 13.1 Å². The first-order valence-electron chi connectivity index (χ1n) is 2.83. The Labute approximate surface area is 59.3 Å². The van der Waals surface area contributed by atoms with Crippen molar-refractivity contribution in [1.82, 2.24) is 10.6 Å². The second kappa shape index (κ2) is 4.55. The van der Waals surface area contributed by atoms with Crippen LogP contribution in [0.3, 0.4) is 0 Å². The number of amides is 2. The standard InChI is InChI=1S/C6H10N2O2/c1-3-6(10)8-5(2)7-4-9/h3-5H,1H2,2H3,(H,7,9)(H,8,10). The van der Waals surface area contributed by atoms with E-state index >= 15 is 0 Å². The molecule has 0 aromatic rings. The largest absolute Gasteiger partial charge is 0.339 e. The first-order chi connectivity index (χ1) is 4.70. The number of hydrogen-bond donors (Lipinski definition) is 2. The lowest BCUT2D eigenvalue weighted by molar-refractivity contribution is -0.117. The second-order valence-corrected chi connectivity index (χ2v) is 1.72. The molecule has 10 heavy (non-hydrogen) atoms. The highest BCUT2D eigenvalue weighted by atomic mass is 16.2. The molecule has 0 fully saturated rings. The zero-order valence-electron chi connectivity index (χ0n) is 5.76. The highest BCUT2D eigenvalue weighted by molar-refractivity contribution is 5.87. The minimum absolute atomic E-state index is 0.304. The summed E-state index contributed by atoms with van der Waals surface area (Å²) in [6.07, 6.45) is 1.32. The molecule has 56 valence electrons. The van der Waals surface area contributed by atoms with E-state index in [0.29, 0.717) is 6.41 Å². The Bertz CT molecular complexity index is 145. The van der Waals surface area contributed by atoms with E-state index in [9.17, 15) is 9.59 Å². The molecule has 0 bridgehead atoms. The van der Waals surface area contributed by atoms with Crippen molar-refractivity contribution < 1.29 is 9.59 Å². The minimum atomic E-state index is -0.344. The van der Waals surface area contributed by atoms with Gasteiger partial charge >= 0.3 is 0 Å². The molecule has 4 heteroatoms. The van der Waals surface area contributed by atoms with Crippen LogP contribution in [0.1, 0.15) is 6.92 Å². The van der Waals surface area contributed by atoms with Crippen molar-refractivity contribution in [2.24, 2.45) is 0 Å². The lowest BCUT2D eigenvalue weighted by Crippen LogP contribution is -2.41. The predicted molar refractivity (Wildman–Crippen MR) is 37.0 cm³/mol. The van der Waals surface area contributed by atoms with E-state index < -0.39 is 0 Å². The molecule has 0 radical (unpaired) electrons. The van der Waals surface area contributed by atoms with E-state index in [2.05, 4.69) is 17.2 Å². The summed E-state index contributed by atoms with van der Waals surface area (Å²) < 4.78 is 0. The molecule has 1 unspecified atom stereocenters. The molecule has 0 aromatic heterocycles. The molecule has 0 rings (SSSR count). The average Bonchev–Trinajstić information content (AvgIpc) is 1.88. The van der Waals surface area contributed by atoms with Crippen molar-refractivity contribution in [3.05, 3.63) is 12.7 Å². The van der Waals surface area contributed by atoms with Gasteiger partial charge in [0.1, 0.15) is 0 Å². The van der Waals surface area contributed by atoms with Crippen LogP contribution >= 0.6 is 0 Å². The Hall–Kier alpha value is -1.32. The van der Waals surface area contributed by atoms with E-state index in [4.69, 9.17) is 0 Å². The summed E-state index contributed by atoms with van der Waals surface area (Å²) in [5.74, 6) is -0.304. The van der Waals surface area contributed by atoms with Crippen molar-refractivity contribution in [3.63, 3.8) is 0 Å². The van der Waals surface area contributed by atoms with Gasteiger partial charge in [-0.3, -0.25) is 9.59 Å². The summed E-state index contributed by atoms with van der Waals surface area (Å²) in [5, 5.41) is 4.78. The maximum Gasteiger partial charge on any atom is 0.244 e. The van der Waals surface area contributed by atoms with Gasteiger partial charge in [0.25, 0.3) is 0 Å². The van der Waals surface area contributed by atoms with Gasteiger partial charge in [-0.25, -0.2) is 0 Å². The van der Waals surface area contributed by atoms with Crippen LogP contribution in [-0.2, 0) is 9.59 Å². The Morgan fingerprint density at radius 1 is 1.70 bits per heavy atom. The van der Waals surface area contributed by atoms with E-state index in [1.807, 2.05) is 0 Å². The van der Waals surface area contributed by atoms with Gasteiger partial charge in [0.15, 0.2) is 0 Å². The molecular weight excluding hydrogens is 132 g/mol. The molecule has 2 amide bonds. The van der Waals surface area contributed by atoms with Gasteiger partial charge < -0.3 is 10.6 Å². The number of carbonyl (C=O) groups excluding carboxylic acids is 2. The van der Waals surface area contributed by atoms with Gasteiger partial charge in [0.2, 0.25) is 12.3 Å². The highest BCUT2D eigenvalue weighted by Gasteiger charge is 1.99. The molecular formula is C6H10N2O2. The molecule has 0 saturated carbocycles. The van der Waals surface area contributed by atoms with Crippen LogP contribution in [0.2, 0.25) is 0 Å². The van der Waals surface area contributed by atoms with E-state index in [1.165, 1.54) is 0 Å². The molecule has 4 nitrogen and oxygen atoms in total. The number of nitrogens with one attached hydrogen (secondary N) is 2. The van der Waals surface area contributed by atoms with Crippen molar-refractivity contribution >= 4 is 12.3 Å². The predicted octanol–water partition coefficient (Wildman–Crippen LogP) is -0.619. The maximum atomic E-state index is 10.5. The smallest absolute Gasteiger partial charge is 0.244 e. The van der Waals surface area contributed by atoms with Gasteiger partial charge in [0, 0.05) is 0 Å². The fourth-order valence-electron chi connectivity index (χ4n) is 0.416. The fourth-order valence-corrected chi connectivity index (χ4v) is 0.416. The van der Waals surface area contributed by atoms with E-state index in [0.717, 1.165) is 6.08 Å². The van der Waals surface area contributed by atoms with Gasteiger partial charge in [-0.2, -0.15) is 0 Å². The molecule has 0 aliphatic heterocycles.